The average molecular weight is 434 g/mol. The fraction of sp³-hybridized carbons (Fsp3) is 0.360. The molecule has 1 saturated heterocycles. The van der Waals surface area contributed by atoms with Crippen molar-refractivity contribution in [2.75, 3.05) is 32.7 Å². The maximum absolute atomic E-state index is 12.8. The van der Waals surface area contributed by atoms with Gasteiger partial charge >= 0.3 is 0 Å². The van der Waals surface area contributed by atoms with Gasteiger partial charge in [-0.2, -0.15) is 0 Å². The Kier molecular flexibility index (Phi) is 6.35. The molecule has 0 N–H and O–H groups in total. The number of amides is 4. The first-order valence-corrected chi connectivity index (χ1v) is 11.0. The number of nitrogens with zero attached hydrogens (tertiary/aromatic N) is 3. The summed E-state index contributed by atoms with van der Waals surface area (Å²) in [5.41, 5.74) is 2.62. The zero-order valence-corrected chi connectivity index (χ0v) is 18.3. The zero-order valence-electron chi connectivity index (χ0n) is 18.3. The minimum absolute atomic E-state index is 0.00811. The Morgan fingerprint density at radius 1 is 0.812 bits per heavy atom. The van der Waals surface area contributed by atoms with Gasteiger partial charge in [0.15, 0.2) is 0 Å². The highest BCUT2D eigenvalue weighted by Crippen LogP contribution is 2.22. The van der Waals surface area contributed by atoms with Gasteiger partial charge in [-0.3, -0.25) is 24.1 Å². The van der Waals surface area contributed by atoms with Crippen molar-refractivity contribution in [3.05, 3.63) is 70.8 Å². The Bertz CT molecular complexity index is 1010. The minimum Gasteiger partial charge on any atom is -0.341 e. The minimum atomic E-state index is -0.293. The number of rotatable bonds is 5. The standard InChI is InChI=1S/C25H27N3O4/c1-18-9-11-19(12-10-18)23(30)27-14-5-13-26(16-17-27)22(29)8-4-15-28-24(31)20-6-2-3-7-21(20)25(28)32/h2-3,6-7,9-12H,4-5,8,13-17H2,1H3. The molecular formula is C25H27N3O4. The molecule has 0 radical (unpaired) electrons. The van der Waals surface area contributed by atoms with Gasteiger partial charge in [-0.1, -0.05) is 29.8 Å². The van der Waals surface area contributed by atoms with Crippen molar-refractivity contribution in [3.63, 3.8) is 0 Å². The molecule has 4 amide bonds. The molecule has 0 saturated carbocycles. The molecule has 4 rings (SSSR count). The molecule has 0 unspecified atom stereocenters. The van der Waals surface area contributed by atoms with E-state index in [1.54, 1.807) is 34.1 Å². The second kappa shape index (κ2) is 9.34. The molecule has 2 aliphatic rings. The summed E-state index contributed by atoms with van der Waals surface area (Å²) >= 11 is 0. The number of carbonyl (C=O) groups excluding carboxylic acids is 4. The van der Waals surface area contributed by atoms with E-state index in [2.05, 4.69) is 0 Å². The van der Waals surface area contributed by atoms with Crippen LogP contribution in [0.4, 0.5) is 0 Å². The number of benzene rings is 2. The zero-order chi connectivity index (χ0) is 22.7. The van der Waals surface area contributed by atoms with Gasteiger partial charge in [0.1, 0.15) is 0 Å². The molecule has 2 aliphatic heterocycles. The third-order valence-corrected chi connectivity index (χ3v) is 6.08. The van der Waals surface area contributed by atoms with E-state index in [0.717, 1.165) is 12.0 Å². The van der Waals surface area contributed by atoms with Gasteiger partial charge in [0.2, 0.25) is 5.91 Å². The van der Waals surface area contributed by atoms with Crippen molar-refractivity contribution in [2.45, 2.75) is 26.2 Å². The van der Waals surface area contributed by atoms with Gasteiger partial charge in [0.05, 0.1) is 11.1 Å². The molecule has 166 valence electrons. The Morgan fingerprint density at radius 2 is 1.41 bits per heavy atom. The van der Waals surface area contributed by atoms with Crippen molar-refractivity contribution in [1.82, 2.24) is 14.7 Å². The molecule has 2 aromatic rings. The number of imide groups is 1. The molecule has 7 nitrogen and oxygen atoms in total. The van der Waals surface area contributed by atoms with E-state index in [4.69, 9.17) is 0 Å². The van der Waals surface area contributed by atoms with Crippen LogP contribution < -0.4 is 0 Å². The predicted molar refractivity (Wildman–Crippen MR) is 119 cm³/mol. The summed E-state index contributed by atoms with van der Waals surface area (Å²) in [6.07, 6.45) is 1.41. The Labute approximate surface area is 187 Å². The molecule has 32 heavy (non-hydrogen) atoms. The smallest absolute Gasteiger partial charge is 0.261 e. The third-order valence-electron chi connectivity index (χ3n) is 6.08. The largest absolute Gasteiger partial charge is 0.341 e. The van der Waals surface area contributed by atoms with Crippen LogP contribution in [-0.4, -0.2) is 71.1 Å². The maximum atomic E-state index is 12.8. The molecule has 0 atom stereocenters. The van der Waals surface area contributed by atoms with Crippen molar-refractivity contribution < 1.29 is 19.2 Å². The van der Waals surface area contributed by atoms with Crippen molar-refractivity contribution in [1.29, 1.82) is 0 Å². The van der Waals surface area contributed by atoms with E-state index in [1.807, 2.05) is 31.2 Å². The number of hydrogen-bond donors (Lipinski definition) is 0. The summed E-state index contributed by atoms with van der Waals surface area (Å²) in [5, 5.41) is 0. The van der Waals surface area contributed by atoms with E-state index < -0.39 is 0 Å². The molecule has 2 heterocycles. The quantitative estimate of drug-likeness (QED) is 0.680. The first-order chi connectivity index (χ1) is 15.5. The predicted octanol–water partition coefficient (Wildman–Crippen LogP) is 2.75. The fourth-order valence-electron chi connectivity index (χ4n) is 4.24. The summed E-state index contributed by atoms with van der Waals surface area (Å²) in [5.74, 6) is -0.604. The van der Waals surface area contributed by atoms with Crippen LogP contribution in [-0.2, 0) is 4.79 Å². The van der Waals surface area contributed by atoms with E-state index in [1.165, 1.54) is 4.90 Å². The highest BCUT2D eigenvalue weighted by Gasteiger charge is 2.34. The van der Waals surface area contributed by atoms with E-state index >= 15 is 0 Å². The highest BCUT2D eigenvalue weighted by atomic mass is 16.2. The molecule has 1 fully saturated rings. The average Bonchev–Trinajstić information content (AvgIpc) is 2.96. The second-order valence-electron chi connectivity index (χ2n) is 8.30. The molecule has 7 heteroatoms. The van der Waals surface area contributed by atoms with E-state index in [0.29, 0.717) is 49.3 Å². The van der Waals surface area contributed by atoms with Crippen LogP contribution in [0.5, 0.6) is 0 Å². The summed E-state index contributed by atoms with van der Waals surface area (Å²) in [4.78, 5) is 55.2. The van der Waals surface area contributed by atoms with Crippen LogP contribution in [0.1, 0.15) is 55.9 Å². The number of carbonyl (C=O) groups is 4. The lowest BCUT2D eigenvalue weighted by Crippen LogP contribution is -2.37. The molecule has 0 spiro atoms. The fourth-order valence-corrected chi connectivity index (χ4v) is 4.24. The van der Waals surface area contributed by atoms with Crippen LogP contribution in [0, 0.1) is 6.92 Å². The monoisotopic (exact) mass is 433 g/mol. The summed E-state index contributed by atoms with van der Waals surface area (Å²) in [6, 6.07) is 14.3. The lowest BCUT2D eigenvalue weighted by Gasteiger charge is -2.23. The number of hydrogen-bond acceptors (Lipinski definition) is 4. The molecular weight excluding hydrogens is 406 g/mol. The summed E-state index contributed by atoms with van der Waals surface area (Å²) < 4.78 is 0. The first-order valence-electron chi connectivity index (χ1n) is 11.0. The van der Waals surface area contributed by atoms with E-state index in [-0.39, 0.29) is 36.6 Å². The Morgan fingerprint density at radius 3 is 2.06 bits per heavy atom. The first kappa shape index (κ1) is 21.7. The van der Waals surface area contributed by atoms with Crippen molar-refractivity contribution >= 4 is 23.6 Å². The van der Waals surface area contributed by atoms with Crippen molar-refractivity contribution in [2.24, 2.45) is 0 Å². The normalized spacial score (nSPS) is 16.2. The summed E-state index contributed by atoms with van der Waals surface area (Å²) in [7, 11) is 0. The van der Waals surface area contributed by atoms with Gasteiger partial charge in [-0.15, -0.1) is 0 Å². The van der Waals surface area contributed by atoms with Crippen LogP contribution in [0.2, 0.25) is 0 Å². The lowest BCUT2D eigenvalue weighted by atomic mass is 10.1. The summed E-state index contributed by atoms with van der Waals surface area (Å²) in [6.45, 7) is 4.41. The SMILES string of the molecule is Cc1ccc(C(=O)N2CCCN(C(=O)CCCN3C(=O)c4ccccc4C3=O)CC2)cc1. The number of aryl methyl sites for hydroxylation is 1. The molecule has 0 aliphatic carbocycles. The van der Waals surface area contributed by atoms with Crippen molar-refractivity contribution in [3.8, 4) is 0 Å². The van der Waals surface area contributed by atoms with Gasteiger partial charge in [-0.25, -0.2) is 0 Å². The topological polar surface area (TPSA) is 78.0 Å². The third kappa shape index (κ3) is 4.42. The van der Waals surface area contributed by atoms with Gasteiger partial charge < -0.3 is 9.80 Å². The molecule has 2 aromatic carbocycles. The Hall–Kier alpha value is -3.48. The van der Waals surface area contributed by atoms with Crippen LogP contribution in [0.3, 0.4) is 0 Å². The van der Waals surface area contributed by atoms with E-state index in [9.17, 15) is 19.2 Å². The lowest BCUT2D eigenvalue weighted by molar-refractivity contribution is -0.131. The van der Waals surface area contributed by atoms with Crippen LogP contribution in [0.15, 0.2) is 48.5 Å². The Balaban J connectivity index is 1.27. The molecule has 0 bridgehead atoms. The van der Waals surface area contributed by atoms with Crippen LogP contribution >= 0.6 is 0 Å². The highest BCUT2D eigenvalue weighted by molar-refractivity contribution is 6.21. The molecule has 0 aromatic heterocycles. The van der Waals surface area contributed by atoms with Gasteiger partial charge in [0, 0.05) is 44.7 Å². The second-order valence-corrected chi connectivity index (χ2v) is 8.30. The van der Waals surface area contributed by atoms with Crippen LogP contribution in [0.25, 0.3) is 0 Å². The number of fused-ring (bicyclic) bond motifs is 1. The van der Waals surface area contributed by atoms with Gasteiger partial charge in [-0.05, 0) is 44.0 Å². The van der Waals surface area contributed by atoms with Gasteiger partial charge in [0.25, 0.3) is 17.7 Å². The maximum Gasteiger partial charge on any atom is 0.261 e.